The zero-order valence-corrected chi connectivity index (χ0v) is 16.2. The zero-order chi connectivity index (χ0) is 18.2. The molecule has 0 unspecified atom stereocenters. The molecule has 7 nitrogen and oxygen atoms in total. The molecule has 140 valence electrons. The summed E-state index contributed by atoms with van der Waals surface area (Å²) in [5, 5.41) is 7.57. The van der Waals surface area contributed by atoms with E-state index in [4.69, 9.17) is 0 Å². The molecule has 25 heavy (non-hydrogen) atoms. The molecule has 1 aliphatic heterocycles. The molecule has 1 aliphatic carbocycles. The summed E-state index contributed by atoms with van der Waals surface area (Å²) < 4.78 is 27.0. The van der Waals surface area contributed by atoms with Crippen molar-refractivity contribution in [2.45, 2.75) is 58.5 Å². The van der Waals surface area contributed by atoms with E-state index in [0.29, 0.717) is 26.1 Å². The van der Waals surface area contributed by atoms with Gasteiger partial charge in [-0.2, -0.15) is 9.40 Å². The molecule has 2 heterocycles. The highest BCUT2D eigenvalue weighted by molar-refractivity contribution is 7.88. The Kier molecular flexibility index (Phi) is 4.94. The highest BCUT2D eigenvalue weighted by Gasteiger charge is 2.35. The Morgan fingerprint density at radius 2 is 1.96 bits per heavy atom. The van der Waals surface area contributed by atoms with Gasteiger partial charge in [0.2, 0.25) is 15.9 Å². The number of carbonyl (C=O) groups excluding carboxylic acids is 1. The smallest absolute Gasteiger partial charge is 0.226 e. The van der Waals surface area contributed by atoms with Crippen molar-refractivity contribution >= 4 is 15.9 Å². The first-order chi connectivity index (χ1) is 11.7. The second-order valence-electron chi connectivity index (χ2n) is 7.65. The van der Waals surface area contributed by atoms with Crippen LogP contribution in [0.2, 0.25) is 0 Å². The van der Waals surface area contributed by atoms with E-state index in [-0.39, 0.29) is 11.3 Å². The lowest BCUT2D eigenvalue weighted by Crippen LogP contribution is -2.40. The van der Waals surface area contributed by atoms with Crippen LogP contribution in [0, 0.1) is 5.41 Å². The number of nitrogens with one attached hydrogen (secondary N) is 1. The van der Waals surface area contributed by atoms with E-state index in [1.165, 1.54) is 17.0 Å². The van der Waals surface area contributed by atoms with Crippen molar-refractivity contribution in [1.29, 1.82) is 0 Å². The zero-order valence-electron chi connectivity index (χ0n) is 15.3. The van der Waals surface area contributed by atoms with Crippen molar-refractivity contribution in [3.05, 3.63) is 17.0 Å². The van der Waals surface area contributed by atoms with Gasteiger partial charge in [-0.05, 0) is 12.8 Å². The Morgan fingerprint density at radius 3 is 2.60 bits per heavy atom. The van der Waals surface area contributed by atoms with Crippen LogP contribution in [0.1, 0.15) is 56.0 Å². The Hall–Kier alpha value is -1.41. The highest BCUT2D eigenvalue weighted by Crippen LogP contribution is 2.36. The number of carbonyl (C=O) groups is 1. The first-order valence-electron chi connectivity index (χ1n) is 8.98. The van der Waals surface area contributed by atoms with Crippen molar-refractivity contribution in [1.82, 2.24) is 19.4 Å². The van der Waals surface area contributed by atoms with Crippen LogP contribution >= 0.6 is 0 Å². The fraction of sp³-hybridized carbons (Fsp3) is 0.765. The van der Waals surface area contributed by atoms with E-state index >= 15 is 0 Å². The second-order valence-corrected chi connectivity index (χ2v) is 9.63. The average Bonchev–Trinajstić information content (AvgIpc) is 2.88. The van der Waals surface area contributed by atoms with Crippen molar-refractivity contribution in [2.24, 2.45) is 12.5 Å². The topological polar surface area (TPSA) is 84.3 Å². The predicted molar refractivity (Wildman–Crippen MR) is 95.2 cm³/mol. The first-order valence-corrected chi connectivity index (χ1v) is 10.8. The van der Waals surface area contributed by atoms with Gasteiger partial charge in [-0.15, -0.1) is 0 Å². The third-order valence-corrected chi connectivity index (χ3v) is 6.93. The fourth-order valence-corrected chi connectivity index (χ4v) is 4.79. The van der Waals surface area contributed by atoms with E-state index in [2.05, 4.69) is 10.4 Å². The lowest BCUT2D eigenvalue weighted by molar-refractivity contribution is -0.132. The number of hydrogen-bond donors (Lipinski definition) is 1. The summed E-state index contributed by atoms with van der Waals surface area (Å²) in [5.74, 6) is 0.0855. The van der Waals surface area contributed by atoms with E-state index in [0.717, 1.165) is 42.6 Å². The normalized spacial score (nSPS) is 20.9. The van der Waals surface area contributed by atoms with Gasteiger partial charge in [0.15, 0.2) is 0 Å². The van der Waals surface area contributed by atoms with Crippen LogP contribution in [0.15, 0.2) is 0 Å². The van der Waals surface area contributed by atoms with Crippen LogP contribution in [-0.2, 0) is 41.4 Å². The molecule has 3 rings (SSSR count). The van der Waals surface area contributed by atoms with Gasteiger partial charge in [0.25, 0.3) is 0 Å². The number of aryl methyl sites for hydroxylation is 1. The number of aromatic nitrogens is 2. The molecule has 0 aromatic carbocycles. The summed E-state index contributed by atoms with van der Waals surface area (Å²) in [4.78, 5) is 12.6. The summed E-state index contributed by atoms with van der Waals surface area (Å²) in [7, 11) is -1.35. The van der Waals surface area contributed by atoms with Crippen molar-refractivity contribution in [3.63, 3.8) is 0 Å². The van der Waals surface area contributed by atoms with Crippen LogP contribution < -0.4 is 5.32 Å². The van der Waals surface area contributed by atoms with Crippen molar-refractivity contribution in [2.75, 3.05) is 12.8 Å². The summed E-state index contributed by atoms with van der Waals surface area (Å²) in [5.41, 5.74) is 2.49. The number of fused-ring (bicyclic) bond motifs is 1. The van der Waals surface area contributed by atoms with Crippen LogP contribution in [0.25, 0.3) is 0 Å². The van der Waals surface area contributed by atoms with E-state index < -0.39 is 10.0 Å². The van der Waals surface area contributed by atoms with E-state index in [1.807, 2.05) is 18.7 Å². The van der Waals surface area contributed by atoms with Crippen LogP contribution in [0.4, 0.5) is 0 Å². The molecule has 1 N–H and O–H groups in total. The molecule has 0 atom stereocenters. The van der Waals surface area contributed by atoms with Gasteiger partial charge in [-0.1, -0.05) is 26.2 Å². The number of hydrogen-bond acceptors (Lipinski definition) is 4. The quantitative estimate of drug-likeness (QED) is 0.869. The molecule has 0 saturated heterocycles. The fourth-order valence-electron chi connectivity index (χ4n) is 4.01. The van der Waals surface area contributed by atoms with E-state index in [9.17, 15) is 13.2 Å². The highest BCUT2D eigenvalue weighted by atomic mass is 32.2. The van der Waals surface area contributed by atoms with Gasteiger partial charge in [0, 0.05) is 43.2 Å². The minimum atomic E-state index is -3.23. The molecule has 1 aromatic rings. The molecule has 1 fully saturated rings. The number of rotatable bonds is 4. The van der Waals surface area contributed by atoms with Gasteiger partial charge in [-0.25, -0.2) is 8.42 Å². The Bertz CT molecular complexity index is 763. The van der Waals surface area contributed by atoms with Crippen LogP contribution in [-0.4, -0.2) is 41.2 Å². The summed E-state index contributed by atoms with van der Waals surface area (Å²) in [6.45, 7) is 3.22. The Labute approximate surface area is 149 Å². The van der Waals surface area contributed by atoms with Crippen LogP contribution in [0.3, 0.4) is 0 Å². The van der Waals surface area contributed by atoms with Gasteiger partial charge in [-0.3, -0.25) is 9.48 Å². The Balaban J connectivity index is 1.73. The number of nitrogens with zero attached hydrogens (tertiary/aromatic N) is 3. The Morgan fingerprint density at radius 1 is 1.28 bits per heavy atom. The molecule has 0 bridgehead atoms. The molecule has 2 aliphatic rings. The third-order valence-electron chi connectivity index (χ3n) is 5.68. The number of amides is 1. The molecular formula is C17H28N4O3S. The molecule has 0 spiro atoms. The lowest BCUT2D eigenvalue weighted by atomic mass is 9.75. The SMILES string of the molecule is Cn1nc(CNC(=O)C2(C)CCCCC2)c2c1CCN(S(C)(=O)=O)C2. The van der Waals surface area contributed by atoms with Gasteiger partial charge >= 0.3 is 0 Å². The first kappa shape index (κ1) is 18.4. The summed E-state index contributed by atoms with van der Waals surface area (Å²) in [6, 6.07) is 0. The lowest BCUT2D eigenvalue weighted by Gasteiger charge is -2.32. The molecule has 1 saturated carbocycles. The van der Waals surface area contributed by atoms with Crippen molar-refractivity contribution in [3.8, 4) is 0 Å². The summed E-state index contributed by atoms with van der Waals surface area (Å²) in [6.07, 6.45) is 7.16. The van der Waals surface area contributed by atoms with Gasteiger partial charge in [0.1, 0.15) is 0 Å². The predicted octanol–water partition coefficient (Wildman–Crippen LogP) is 1.32. The molecular weight excluding hydrogens is 340 g/mol. The maximum atomic E-state index is 12.6. The standard InChI is InChI=1S/C17H28N4O3S/c1-17(8-5-4-6-9-17)16(22)18-11-14-13-12-21(25(3,23)24)10-7-15(13)20(2)19-14/h4-12H2,1-3H3,(H,18,22). The van der Waals surface area contributed by atoms with Crippen molar-refractivity contribution < 1.29 is 13.2 Å². The largest absolute Gasteiger partial charge is 0.350 e. The molecule has 0 radical (unpaired) electrons. The van der Waals surface area contributed by atoms with Crippen LogP contribution in [0.5, 0.6) is 0 Å². The monoisotopic (exact) mass is 368 g/mol. The second kappa shape index (κ2) is 6.72. The molecule has 8 heteroatoms. The minimum absolute atomic E-state index is 0.0855. The number of sulfonamides is 1. The summed E-state index contributed by atoms with van der Waals surface area (Å²) >= 11 is 0. The van der Waals surface area contributed by atoms with Gasteiger partial charge in [0.05, 0.1) is 18.5 Å². The molecule has 1 aromatic heterocycles. The maximum absolute atomic E-state index is 12.6. The van der Waals surface area contributed by atoms with E-state index in [1.54, 1.807) is 0 Å². The van der Waals surface area contributed by atoms with Gasteiger partial charge < -0.3 is 5.32 Å². The maximum Gasteiger partial charge on any atom is 0.226 e. The minimum Gasteiger partial charge on any atom is -0.350 e. The third kappa shape index (κ3) is 3.74. The average molecular weight is 369 g/mol. The molecule has 1 amide bonds.